The Kier molecular flexibility index (Phi) is 13.6. The monoisotopic (exact) mass is 411 g/mol. The molecule has 0 radical (unpaired) electrons. The van der Waals surface area contributed by atoms with Gasteiger partial charge in [-0.3, -0.25) is 4.79 Å². The Morgan fingerprint density at radius 2 is 2.08 bits per heavy atom. The van der Waals surface area contributed by atoms with Gasteiger partial charge in [-0.15, -0.1) is 36.2 Å². The van der Waals surface area contributed by atoms with Crippen molar-refractivity contribution >= 4 is 42.1 Å². The molecule has 8 heteroatoms. The van der Waals surface area contributed by atoms with E-state index in [2.05, 4.69) is 35.5 Å². The summed E-state index contributed by atoms with van der Waals surface area (Å²) in [6, 6.07) is 4.30. The topological polar surface area (TPSA) is 44.8 Å². The fourth-order valence-electron chi connectivity index (χ4n) is 2.78. The lowest BCUT2D eigenvalue weighted by Gasteiger charge is -2.29. The van der Waals surface area contributed by atoms with Gasteiger partial charge >= 0.3 is 0 Å². The molecule has 1 N–H and O–H groups in total. The first-order valence-corrected chi connectivity index (χ1v) is 9.44. The van der Waals surface area contributed by atoms with Crippen LogP contribution in [0.25, 0.3) is 0 Å². The lowest BCUT2D eigenvalue weighted by atomic mass is 10.1. The second-order valence-electron chi connectivity index (χ2n) is 5.85. The fraction of sp³-hybridized carbons (Fsp3) is 0.706. The summed E-state index contributed by atoms with van der Waals surface area (Å²) in [7, 11) is 0. The molecule has 1 atom stereocenters. The third kappa shape index (κ3) is 8.71. The number of halogens is 2. The molecule has 1 amide bonds. The van der Waals surface area contributed by atoms with Crippen LogP contribution in [0.4, 0.5) is 0 Å². The Morgan fingerprint density at radius 1 is 1.32 bits per heavy atom. The van der Waals surface area contributed by atoms with Crippen molar-refractivity contribution in [1.82, 2.24) is 15.1 Å². The zero-order chi connectivity index (χ0) is 16.5. The largest absolute Gasteiger partial charge is 0.378 e. The van der Waals surface area contributed by atoms with Gasteiger partial charge in [0, 0.05) is 37.0 Å². The minimum Gasteiger partial charge on any atom is -0.378 e. The quantitative estimate of drug-likeness (QED) is 0.678. The molecule has 5 nitrogen and oxygen atoms in total. The maximum atomic E-state index is 12.7. The van der Waals surface area contributed by atoms with Gasteiger partial charge in [-0.05, 0) is 24.5 Å². The van der Waals surface area contributed by atoms with E-state index in [1.54, 1.807) is 11.3 Å². The molecule has 1 aromatic rings. The number of likely N-dealkylation sites (N-methyl/N-ethyl adjacent to an activating group) is 1. The summed E-state index contributed by atoms with van der Waals surface area (Å²) in [6.45, 7) is 11.0. The summed E-state index contributed by atoms with van der Waals surface area (Å²) < 4.78 is 5.46. The molecule has 146 valence electrons. The fourth-order valence-corrected chi connectivity index (χ4v) is 3.49. The van der Waals surface area contributed by atoms with Gasteiger partial charge in [-0.1, -0.05) is 19.9 Å². The van der Waals surface area contributed by atoms with Crippen molar-refractivity contribution in [2.45, 2.75) is 32.9 Å². The third-order valence-electron chi connectivity index (χ3n) is 4.28. The smallest absolute Gasteiger partial charge is 0.224 e. The minimum atomic E-state index is 0. The number of thiophene rings is 1. The van der Waals surface area contributed by atoms with Crippen LogP contribution in [0.3, 0.4) is 0 Å². The predicted octanol–water partition coefficient (Wildman–Crippen LogP) is 2.64. The molecule has 0 spiro atoms. The summed E-state index contributed by atoms with van der Waals surface area (Å²) in [5.74, 6) is 0.216. The first kappa shape index (κ1) is 24.6. The van der Waals surface area contributed by atoms with E-state index >= 15 is 0 Å². The summed E-state index contributed by atoms with van der Waals surface area (Å²) in [6.07, 6.45) is 0.517. The van der Waals surface area contributed by atoms with Crippen LogP contribution in [-0.2, 0) is 16.1 Å². The van der Waals surface area contributed by atoms with Crippen LogP contribution in [0.1, 0.15) is 25.1 Å². The first-order valence-electron chi connectivity index (χ1n) is 8.56. The number of amides is 1. The van der Waals surface area contributed by atoms with Crippen molar-refractivity contribution in [3.05, 3.63) is 22.4 Å². The van der Waals surface area contributed by atoms with E-state index < -0.39 is 0 Å². The van der Waals surface area contributed by atoms with Crippen LogP contribution in [0.2, 0.25) is 0 Å². The second-order valence-corrected chi connectivity index (χ2v) is 6.88. The molecule has 0 saturated carbocycles. The number of ether oxygens (including phenoxy) is 1. The molecule has 1 saturated heterocycles. The van der Waals surface area contributed by atoms with Crippen LogP contribution in [0, 0.1) is 0 Å². The normalized spacial score (nSPS) is 16.8. The molecule has 1 fully saturated rings. The highest BCUT2D eigenvalue weighted by Crippen LogP contribution is 2.14. The van der Waals surface area contributed by atoms with Gasteiger partial charge in [-0.2, -0.15) is 0 Å². The maximum absolute atomic E-state index is 12.7. The Bertz CT molecular complexity index is 453. The van der Waals surface area contributed by atoms with E-state index in [1.165, 1.54) is 4.88 Å². The summed E-state index contributed by atoms with van der Waals surface area (Å²) in [5, 5.41) is 5.44. The Balaban J connectivity index is 0.00000288. The number of rotatable bonds is 9. The third-order valence-corrected chi connectivity index (χ3v) is 5.14. The lowest BCUT2D eigenvalue weighted by molar-refractivity contribution is -0.133. The van der Waals surface area contributed by atoms with Crippen LogP contribution < -0.4 is 5.32 Å². The number of carbonyl (C=O) groups is 1. The molecule has 1 aliphatic heterocycles. The maximum Gasteiger partial charge on any atom is 0.224 e. The molecule has 0 aliphatic carbocycles. The van der Waals surface area contributed by atoms with E-state index in [0.29, 0.717) is 19.6 Å². The highest BCUT2D eigenvalue weighted by molar-refractivity contribution is 7.09. The minimum absolute atomic E-state index is 0. The number of hydrogen-bond acceptors (Lipinski definition) is 5. The molecule has 1 aliphatic rings. The van der Waals surface area contributed by atoms with Gasteiger partial charge in [0.15, 0.2) is 0 Å². The van der Waals surface area contributed by atoms with Gasteiger partial charge in [0.25, 0.3) is 0 Å². The van der Waals surface area contributed by atoms with E-state index in [4.69, 9.17) is 4.74 Å². The molecule has 0 aromatic carbocycles. The summed E-state index contributed by atoms with van der Waals surface area (Å²) in [4.78, 5) is 18.3. The van der Waals surface area contributed by atoms with Crippen LogP contribution in [0.5, 0.6) is 0 Å². The molecule has 1 aromatic heterocycles. The van der Waals surface area contributed by atoms with Crippen molar-refractivity contribution in [3.8, 4) is 0 Å². The lowest BCUT2D eigenvalue weighted by Crippen LogP contribution is -2.46. The average Bonchev–Trinajstić information content (AvgIpc) is 3.08. The van der Waals surface area contributed by atoms with E-state index in [0.717, 1.165) is 39.3 Å². The van der Waals surface area contributed by atoms with Gasteiger partial charge < -0.3 is 19.9 Å². The van der Waals surface area contributed by atoms with Crippen LogP contribution in [-0.4, -0.2) is 67.7 Å². The zero-order valence-corrected chi connectivity index (χ0v) is 17.6. The standard InChI is InChI=1S/C17H29N3O2S.2ClH/c1-3-19(4-2)8-9-20(13-16-6-5-11-23-16)17(21)12-15-14-22-10-7-18-15;;/h5-6,11,15,18H,3-4,7-10,12-14H2,1-2H3;2*1H. The van der Waals surface area contributed by atoms with Gasteiger partial charge in [-0.25, -0.2) is 0 Å². The molecule has 1 unspecified atom stereocenters. The van der Waals surface area contributed by atoms with E-state index in [-0.39, 0.29) is 36.8 Å². The second kappa shape index (κ2) is 13.8. The first-order chi connectivity index (χ1) is 11.2. The molecule has 25 heavy (non-hydrogen) atoms. The number of nitrogens with zero attached hydrogens (tertiary/aromatic N) is 2. The molecule has 2 rings (SSSR count). The Labute approximate surface area is 167 Å². The van der Waals surface area contributed by atoms with Crippen LogP contribution >= 0.6 is 36.2 Å². The number of nitrogens with one attached hydrogen (secondary N) is 1. The molecular formula is C17H31Cl2N3O2S. The molecule has 0 bridgehead atoms. The number of carbonyl (C=O) groups excluding carboxylic acids is 1. The molecular weight excluding hydrogens is 381 g/mol. The van der Waals surface area contributed by atoms with Crippen molar-refractivity contribution in [3.63, 3.8) is 0 Å². The average molecular weight is 412 g/mol. The SMILES string of the molecule is CCN(CC)CCN(Cc1cccs1)C(=O)CC1COCCN1.Cl.Cl. The number of hydrogen-bond donors (Lipinski definition) is 1. The van der Waals surface area contributed by atoms with E-state index in [9.17, 15) is 4.79 Å². The van der Waals surface area contributed by atoms with Gasteiger partial charge in [0.05, 0.1) is 19.8 Å². The van der Waals surface area contributed by atoms with E-state index in [1.807, 2.05) is 11.0 Å². The van der Waals surface area contributed by atoms with Crippen molar-refractivity contribution in [2.24, 2.45) is 0 Å². The summed E-state index contributed by atoms with van der Waals surface area (Å²) in [5.41, 5.74) is 0. The number of morpholine rings is 1. The predicted molar refractivity (Wildman–Crippen MR) is 109 cm³/mol. The highest BCUT2D eigenvalue weighted by Gasteiger charge is 2.21. The summed E-state index contributed by atoms with van der Waals surface area (Å²) >= 11 is 1.71. The Hall–Kier alpha value is -0.370. The van der Waals surface area contributed by atoms with Crippen molar-refractivity contribution in [2.75, 3.05) is 45.9 Å². The zero-order valence-electron chi connectivity index (χ0n) is 15.1. The van der Waals surface area contributed by atoms with Crippen molar-refractivity contribution in [1.29, 1.82) is 0 Å². The van der Waals surface area contributed by atoms with Crippen LogP contribution in [0.15, 0.2) is 17.5 Å². The highest BCUT2D eigenvalue weighted by atomic mass is 35.5. The van der Waals surface area contributed by atoms with Gasteiger partial charge in [0.1, 0.15) is 0 Å². The Morgan fingerprint density at radius 3 is 2.64 bits per heavy atom. The van der Waals surface area contributed by atoms with Crippen molar-refractivity contribution < 1.29 is 9.53 Å². The molecule has 2 heterocycles. The van der Waals surface area contributed by atoms with Gasteiger partial charge in [0.2, 0.25) is 5.91 Å².